The zero-order valence-corrected chi connectivity index (χ0v) is 6.07. The van der Waals surface area contributed by atoms with Gasteiger partial charge in [0.1, 0.15) is 5.69 Å². The number of aromatic carboxylic acids is 1. The molecule has 1 rings (SSSR count). The first-order chi connectivity index (χ1) is 4.72. The number of nitrogens with zero attached hydrogens (tertiary/aromatic N) is 1. The quantitative estimate of drug-likeness (QED) is 0.408. The van der Waals surface area contributed by atoms with Crippen LogP contribution in [0.4, 0.5) is 5.69 Å². The molecule has 1 aromatic heterocycles. The first kappa shape index (κ1) is 10.0. The van der Waals surface area contributed by atoms with Gasteiger partial charge in [0.05, 0.1) is 11.7 Å². The van der Waals surface area contributed by atoms with Gasteiger partial charge in [-0.25, -0.2) is 0 Å². The zero-order valence-electron chi connectivity index (χ0n) is 6.07. The number of nitrogens with two attached hydrogens (primary N) is 1. The predicted molar refractivity (Wildman–Crippen MR) is 33.0 cm³/mol. The van der Waals surface area contributed by atoms with Gasteiger partial charge in [0.15, 0.2) is 0 Å². The Morgan fingerprint density at radius 3 is 2.64 bits per heavy atom. The molecule has 11 heavy (non-hydrogen) atoms. The van der Waals surface area contributed by atoms with Crippen LogP contribution in [0.5, 0.6) is 0 Å². The summed E-state index contributed by atoms with van der Waals surface area (Å²) >= 11 is 0. The molecule has 0 aliphatic carbocycles. The Morgan fingerprint density at radius 2 is 2.27 bits per heavy atom. The van der Waals surface area contributed by atoms with Crippen LogP contribution in [0.25, 0.3) is 0 Å². The summed E-state index contributed by atoms with van der Waals surface area (Å²) in [7, 11) is 0. The third kappa shape index (κ3) is 2.26. The average molecular weight is 144 g/mol. The van der Waals surface area contributed by atoms with E-state index in [-0.39, 0.29) is 30.2 Å². The van der Waals surface area contributed by atoms with E-state index in [4.69, 9.17) is 5.73 Å². The van der Waals surface area contributed by atoms with Crippen molar-refractivity contribution in [3.8, 4) is 0 Å². The number of rotatable bonds is 1. The van der Waals surface area contributed by atoms with E-state index in [0.717, 1.165) is 0 Å². The topological polar surface area (TPSA) is 79.0 Å². The molecule has 0 aliphatic rings. The number of pyridine rings is 1. The third-order valence-corrected chi connectivity index (χ3v) is 1.03. The van der Waals surface area contributed by atoms with Crippen LogP contribution in [-0.2, 0) is 0 Å². The monoisotopic (exact) mass is 144 g/mol. The Balaban J connectivity index is 0.000001000. The van der Waals surface area contributed by atoms with Gasteiger partial charge in [-0.3, -0.25) is 4.98 Å². The van der Waals surface area contributed by atoms with Crippen LogP contribution in [0.2, 0.25) is 0 Å². The van der Waals surface area contributed by atoms with Gasteiger partial charge in [0.2, 0.25) is 0 Å². The van der Waals surface area contributed by atoms with E-state index in [0.29, 0.717) is 0 Å². The summed E-state index contributed by atoms with van der Waals surface area (Å²) in [5.41, 5.74) is 5.16. The molecule has 0 spiro atoms. The number of carbonyl (C=O) groups excluding carboxylic acids is 1. The predicted octanol–water partition coefficient (Wildman–Crippen LogP) is -3.97. The molecule has 0 bridgehead atoms. The second kappa shape index (κ2) is 4.01. The second-order valence-corrected chi connectivity index (χ2v) is 1.73. The maximum atomic E-state index is 10.2. The molecule has 1 aromatic rings. The van der Waals surface area contributed by atoms with E-state index < -0.39 is 5.97 Å². The summed E-state index contributed by atoms with van der Waals surface area (Å²) in [6, 6.07) is 3.01. The molecule has 0 saturated heterocycles. The molecule has 0 aliphatic heterocycles. The number of aromatic nitrogens is 1. The van der Waals surface area contributed by atoms with Gasteiger partial charge in [0.25, 0.3) is 0 Å². The molecule has 0 atom stereocenters. The second-order valence-electron chi connectivity index (χ2n) is 1.73. The van der Waals surface area contributed by atoms with Gasteiger partial charge in [-0.2, -0.15) is 0 Å². The van der Waals surface area contributed by atoms with Crippen molar-refractivity contribution in [2.45, 2.75) is 0 Å². The Kier molecular flexibility index (Phi) is 3.66. The molecule has 0 aromatic carbocycles. The molecule has 5 heteroatoms. The van der Waals surface area contributed by atoms with E-state index in [1.165, 1.54) is 12.3 Å². The van der Waals surface area contributed by atoms with Crippen molar-refractivity contribution in [3.63, 3.8) is 0 Å². The number of carboxylic acids is 1. The van der Waals surface area contributed by atoms with Crippen LogP contribution in [0, 0.1) is 0 Å². The average Bonchev–Trinajstić information content (AvgIpc) is 1.88. The maximum Gasteiger partial charge on any atom is 1.00 e. The molecule has 2 N–H and O–H groups in total. The van der Waals surface area contributed by atoms with E-state index in [1.807, 2.05) is 0 Å². The number of hydrogen-bond acceptors (Lipinski definition) is 4. The summed E-state index contributed by atoms with van der Waals surface area (Å²) in [5.74, 6) is -1.35. The van der Waals surface area contributed by atoms with Gasteiger partial charge in [-0.05, 0) is 12.1 Å². The molecule has 52 valence electrons. The summed E-state index contributed by atoms with van der Waals surface area (Å²) in [6.07, 6.45) is 1.35. The fourth-order valence-corrected chi connectivity index (χ4v) is 0.588. The maximum absolute atomic E-state index is 10.2. The van der Waals surface area contributed by atoms with Crippen molar-refractivity contribution in [2.75, 3.05) is 5.73 Å². The van der Waals surface area contributed by atoms with Crippen LogP contribution in [0.3, 0.4) is 0 Å². The summed E-state index contributed by atoms with van der Waals surface area (Å²) in [5, 5.41) is 10.2. The smallest absolute Gasteiger partial charge is 0.543 e. The Morgan fingerprint density at radius 1 is 1.64 bits per heavy atom. The molecule has 0 fully saturated rings. The summed E-state index contributed by atoms with van der Waals surface area (Å²) in [6.45, 7) is 0. The van der Waals surface area contributed by atoms with E-state index in [1.54, 1.807) is 6.07 Å². The summed E-state index contributed by atoms with van der Waals surface area (Å²) in [4.78, 5) is 13.7. The van der Waals surface area contributed by atoms with Crippen molar-refractivity contribution in [2.24, 2.45) is 0 Å². The van der Waals surface area contributed by atoms with Gasteiger partial charge in [-0.1, -0.05) is 0 Å². The minimum Gasteiger partial charge on any atom is -0.543 e. The van der Waals surface area contributed by atoms with Crippen molar-refractivity contribution >= 4 is 11.7 Å². The normalized spacial score (nSPS) is 8.36. The van der Waals surface area contributed by atoms with Crippen LogP contribution in [-0.4, -0.2) is 11.0 Å². The van der Waals surface area contributed by atoms with Gasteiger partial charge < -0.3 is 15.6 Å². The van der Waals surface area contributed by atoms with Crippen LogP contribution >= 0.6 is 0 Å². The van der Waals surface area contributed by atoms with Gasteiger partial charge in [-0.15, -0.1) is 0 Å². The van der Waals surface area contributed by atoms with Crippen molar-refractivity contribution in [3.05, 3.63) is 24.0 Å². The van der Waals surface area contributed by atoms with Crippen LogP contribution in [0.1, 0.15) is 10.5 Å². The van der Waals surface area contributed by atoms with E-state index >= 15 is 0 Å². The Bertz CT molecular complexity index is 265. The first-order valence-corrected chi connectivity index (χ1v) is 2.63. The largest absolute Gasteiger partial charge is 1.00 e. The van der Waals surface area contributed by atoms with Gasteiger partial charge >= 0.3 is 18.9 Å². The SMILES string of the molecule is Nc1cccnc1C(=O)[O-].[Li+]. The fraction of sp³-hybridized carbons (Fsp3) is 0. The minimum atomic E-state index is -1.35. The molecular weight excluding hydrogens is 139 g/mol. The van der Waals surface area contributed by atoms with Crippen LogP contribution in [0.15, 0.2) is 18.3 Å². The molecule has 1 heterocycles. The van der Waals surface area contributed by atoms with Gasteiger partial charge in [0, 0.05) is 6.20 Å². The van der Waals surface area contributed by atoms with Crippen molar-refractivity contribution in [1.82, 2.24) is 4.98 Å². The summed E-state index contributed by atoms with van der Waals surface area (Å²) < 4.78 is 0. The third-order valence-electron chi connectivity index (χ3n) is 1.03. The van der Waals surface area contributed by atoms with Crippen LogP contribution < -0.4 is 29.7 Å². The number of carbonyl (C=O) groups is 1. The Labute approximate surface area is 75.6 Å². The number of nitrogen functional groups attached to an aromatic ring is 1. The van der Waals surface area contributed by atoms with Crippen molar-refractivity contribution < 1.29 is 28.8 Å². The molecule has 0 saturated carbocycles. The molecular formula is C6H5LiN2O2. The standard InChI is InChI=1S/C6H6N2O2.Li/c7-4-2-1-3-8-5(4)6(9)10;/h1-3H,7H2,(H,9,10);/q;+1/p-1. The zero-order chi connectivity index (χ0) is 7.56. The molecule has 0 unspecified atom stereocenters. The van der Waals surface area contributed by atoms with E-state index in [2.05, 4.69) is 4.98 Å². The van der Waals surface area contributed by atoms with Crippen molar-refractivity contribution in [1.29, 1.82) is 0 Å². The fourth-order valence-electron chi connectivity index (χ4n) is 0.588. The number of anilines is 1. The first-order valence-electron chi connectivity index (χ1n) is 2.63. The Hall–Kier alpha value is -0.983. The van der Waals surface area contributed by atoms with E-state index in [9.17, 15) is 9.90 Å². The number of carboxylic acid groups (broad SMARTS) is 1. The molecule has 4 nitrogen and oxygen atoms in total. The number of hydrogen-bond donors (Lipinski definition) is 1. The molecule has 0 radical (unpaired) electrons. The minimum absolute atomic E-state index is 0. The molecule has 0 amide bonds.